The van der Waals surface area contributed by atoms with Crippen LogP contribution >= 0.6 is 0 Å². The Balaban J connectivity index is 2.33. The number of methoxy groups -OCH3 is 1. The van der Waals surface area contributed by atoms with Gasteiger partial charge in [0.05, 0.1) is 7.11 Å². The monoisotopic (exact) mass is 284 g/mol. The molecule has 0 N–H and O–H groups in total. The number of anilines is 1. The van der Waals surface area contributed by atoms with Crippen molar-refractivity contribution >= 4 is 11.8 Å². The highest BCUT2D eigenvalue weighted by Crippen LogP contribution is 2.35. The summed E-state index contributed by atoms with van der Waals surface area (Å²) in [6, 6.07) is 3.33. The quantitative estimate of drug-likeness (QED) is 0.783. The van der Waals surface area contributed by atoms with Gasteiger partial charge in [-0.3, -0.25) is 0 Å². The van der Waals surface area contributed by atoms with Crippen LogP contribution in [0.25, 0.3) is 0 Å². The largest absolute Gasteiger partial charge is 0.465 e. The maximum atomic E-state index is 13.6. The molecule has 0 saturated carbocycles. The maximum Gasteiger partial charge on any atom is 0.341 e. The van der Waals surface area contributed by atoms with Crippen LogP contribution in [0.2, 0.25) is 0 Å². The predicted molar refractivity (Wildman–Crippen MR) is 71.3 cm³/mol. The molecule has 110 valence electrons. The lowest BCUT2D eigenvalue weighted by Gasteiger charge is -2.37. The van der Waals surface area contributed by atoms with Crippen LogP contribution in [0.3, 0.4) is 0 Å². The summed E-state index contributed by atoms with van der Waals surface area (Å²) in [6.45, 7) is 3.66. The fraction of sp³-hybridized carbons (Fsp3) is 0.571. The summed E-state index contributed by atoms with van der Waals surface area (Å²) in [6.07, 6.45) is -0.232. The summed E-state index contributed by atoms with van der Waals surface area (Å²) >= 11 is 0. The predicted octanol–water partition coefficient (Wildman–Crippen LogP) is 2.66. The lowest BCUT2D eigenvalue weighted by atomic mass is 9.95. The average Bonchev–Trinajstić information content (AvgIpc) is 2.41. The topological polar surface area (TPSA) is 42.4 Å². The van der Waals surface area contributed by atoms with Crippen molar-refractivity contribution in [3.63, 3.8) is 0 Å². The molecule has 1 saturated heterocycles. The normalized spacial score (nSPS) is 21.6. The Morgan fingerprint density at radius 1 is 1.50 bits per heavy atom. The third-order valence-corrected chi connectivity index (χ3v) is 3.65. The number of rotatable bonds is 2. The highest BCUT2D eigenvalue weighted by atomic mass is 19.3. The highest BCUT2D eigenvalue weighted by molar-refractivity contribution is 5.94. The number of carbonyl (C=O) groups is 1. The standard InChI is InChI=1S/C14H18F2N2O2/c1-9-8-18(7-6-14(9,15)16)12-11(13(19)20-3)5-4-10(2)17-12/h4-5,9H,6-8H2,1-3H3. The van der Waals surface area contributed by atoms with E-state index in [0.29, 0.717) is 11.4 Å². The Hall–Kier alpha value is -1.72. The number of aryl methyl sites for hydroxylation is 1. The molecule has 0 aliphatic carbocycles. The number of aromatic nitrogens is 1. The Morgan fingerprint density at radius 3 is 2.80 bits per heavy atom. The molecule has 2 rings (SSSR count). The highest BCUT2D eigenvalue weighted by Gasteiger charge is 2.42. The van der Waals surface area contributed by atoms with Gasteiger partial charge >= 0.3 is 5.97 Å². The van der Waals surface area contributed by atoms with Crippen LogP contribution in [0.4, 0.5) is 14.6 Å². The second-order valence-electron chi connectivity index (χ2n) is 5.17. The van der Waals surface area contributed by atoms with E-state index in [0.717, 1.165) is 5.69 Å². The lowest BCUT2D eigenvalue weighted by molar-refractivity contribution is -0.0652. The van der Waals surface area contributed by atoms with Crippen molar-refractivity contribution < 1.29 is 18.3 Å². The smallest absolute Gasteiger partial charge is 0.341 e. The van der Waals surface area contributed by atoms with Crippen molar-refractivity contribution in [2.24, 2.45) is 5.92 Å². The molecule has 1 aliphatic rings. The van der Waals surface area contributed by atoms with E-state index in [2.05, 4.69) is 4.98 Å². The van der Waals surface area contributed by atoms with E-state index in [1.54, 1.807) is 24.0 Å². The summed E-state index contributed by atoms with van der Waals surface area (Å²) in [5, 5.41) is 0. The van der Waals surface area contributed by atoms with Crippen LogP contribution in [-0.4, -0.2) is 37.1 Å². The average molecular weight is 284 g/mol. The van der Waals surface area contributed by atoms with Gasteiger partial charge in [0.1, 0.15) is 11.4 Å². The van der Waals surface area contributed by atoms with Gasteiger partial charge in [0, 0.05) is 31.1 Å². The van der Waals surface area contributed by atoms with Gasteiger partial charge in [-0.15, -0.1) is 0 Å². The summed E-state index contributed by atoms with van der Waals surface area (Å²) in [4.78, 5) is 17.8. The minimum atomic E-state index is -2.66. The van der Waals surface area contributed by atoms with Gasteiger partial charge in [-0.25, -0.2) is 18.6 Å². The number of esters is 1. The molecule has 0 aromatic carbocycles. The minimum Gasteiger partial charge on any atom is -0.465 e. The second kappa shape index (κ2) is 5.34. The Bertz CT molecular complexity index is 520. The molecule has 0 spiro atoms. The summed E-state index contributed by atoms with van der Waals surface area (Å²) in [5.41, 5.74) is 1.05. The van der Waals surface area contributed by atoms with Crippen molar-refractivity contribution in [3.8, 4) is 0 Å². The summed E-state index contributed by atoms with van der Waals surface area (Å²) in [5.74, 6) is -3.51. The van der Waals surface area contributed by atoms with E-state index in [1.807, 2.05) is 0 Å². The van der Waals surface area contributed by atoms with E-state index in [4.69, 9.17) is 4.74 Å². The maximum absolute atomic E-state index is 13.6. The van der Waals surface area contributed by atoms with Crippen molar-refractivity contribution in [3.05, 3.63) is 23.4 Å². The zero-order valence-electron chi connectivity index (χ0n) is 11.8. The molecule has 4 nitrogen and oxygen atoms in total. The number of pyridine rings is 1. The van der Waals surface area contributed by atoms with E-state index >= 15 is 0 Å². The van der Waals surface area contributed by atoms with Gasteiger partial charge in [0.2, 0.25) is 0 Å². The molecule has 0 amide bonds. The van der Waals surface area contributed by atoms with Gasteiger partial charge in [-0.2, -0.15) is 0 Å². The number of nitrogens with zero attached hydrogens (tertiary/aromatic N) is 2. The van der Waals surface area contributed by atoms with Crippen LogP contribution in [0.15, 0.2) is 12.1 Å². The van der Waals surface area contributed by atoms with Crippen LogP contribution < -0.4 is 4.90 Å². The third kappa shape index (κ3) is 2.73. The number of piperidine rings is 1. The first-order valence-electron chi connectivity index (χ1n) is 6.54. The SMILES string of the molecule is COC(=O)c1ccc(C)nc1N1CCC(F)(F)C(C)C1. The molecule has 1 aromatic rings. The Morgan fingerprint density at radius 2 is 2.20 bits per heavy atom. The number of hydrogen-bond acceptors (Lipinski definition) is 4. The van der Waals surface area contributed by atoms with Crippen molar-refractivity contribution in [2.75, 3.05) is 25.1 Å². The van der Waals surface area contributed by atoms with Crippen LogP contribution in [0.1, 0.15) is 29.4 Å². The van der Waals surface area contributed by atoms with E-state index < -0.39 is 17.8 Å². The number of alkyl halides is 2. The Labute approximate surface area is 116 Å². The van der Waals surface area contributed by atoms with E-state index in [-0.39, 0.29) is 19.5 Å². The van der Waals surface area contributed by atoms with Gasteiger partial charge in [-0.1, -0.05) is 6.92 Å². The number of ether oxygens (including phenoxy) is 1. The molecule has 1 atom stereocenters. The second-order valence-corrected chi connectivity index (χ2v) is 5.17. The molecule has 1 aromatic heterocycles. The zero-order chi connectivity index (χ0) is 14.9. The van der Waals surface area contributed by atoms with Crippen molar-refractivity contribution in [2.45, 2.75) is 26.2 Å². The zero-order valence-corrected chi connectivity index (χ0v) is 11.8. The summed E-state index contributed by atoms with van der Waals surface area (Å²) < 4.78 is 31.8. The van der Waals surface area contributed by atoms with Crippen LogP contribution in [-0.2, 0) is 4.74 Å². The van der Waals surface area contributed by atoms with Gasteiger partial charge < -0.3 is 9.64 Å². The van der Waals surface area contributed by atoms with Gasteiger partial charge in [-0.05, 0) is 19.1 Å². The molecule has 6 heteroatoms. The molecular formula is C14H18F2N2O2. The number of hydrogen-bond donors (Lipinski definition) is 0. The molecule has 1 unspecified atom stereocenters. The number of carbonyl (C=O) groups excluding carboxylic acids is 1. The fourth-order valence-corrected chi connectivity index (χ4v) is 2.33. The van der Waals surface area contributed by atoms with Crippen molar-refractivity contribution in [1.29, 1.82) is 0 Å². The Kier molecular flexibility index (Phi) is 3.92. The van der Waals surface area contributed by atoms with Crippen molar-refractivity contribution in [1.82, 2.24) is 4.98 Å². The first-order valence-corrected chi connectivity index (χ1v) is 6.54. The molecular weight excluding hydrogens is 266 g/mol. The molecule has 2 heterocycles. The molecule has 0 bridgehead atoms. The summed E-state index contributed by atoms with van der Waals surface area (Å²) in [7, 11) is 1.29. The van der Waals surface area contributed by atoms with Crippen LogP contribution in [0.5, 0.6) is 0 Å². The fourth-order valence-electron chi connectivity index (χ4n) is 2.33. The first kappa shape index (κ1) is 14.7. The first-order chi connectivity index (χ1) is 9.35. The van der Waals surface area contributed by atoms with Gasteiger partial charge in [0.15, 0.2) is 0 Å². The molecule has 1 aliphatic heterocycles. The van der Waals surface area contributed by atoms with Crippen LogP contribution in [0, 0.1) is 12.8 Å². The van der Waals surface area contributed by atoms with E-state index in [9.17, 15) is 13.6 Å². The lowest BCUT2D eigenvalue weighted by Crippen LogP contribution is -2.46. The van der Waals surface area contributed by atoms with Gasteiger partial charge in [0.25, 0.3) is 5.92 Å². The van der Waals surface area contributed by atoms with E-state index in [1.165, 1.54) is 14.0 Å². The number of halogens is 2. The molecule has 20 heavy (non-hydrogen) atoms. The molecule has 1 fully saturated rings. The minimum absolute atomic E-state index is 0.174. The molecule has 0 radical (unpaired) electrons. The third-order valence-electron chi connectivity index (χ3n) is 3.65.